The number of nitrogens with one attached hydrogen (secondary N) is 1. The molecule has 0 rings (SSSR count). The fraction of sp³-hybridized carbons (Fsp3) is 0.786. The number of esters is 1. The highest BCUT2D eigenvalue weighted by Gasteiger charge is 2.29. The van der Waals surface area contributed by atoms with Gasteiger partial charge in [-0.05, 0) is 26.7 Å². The topological polar surface area (TPSA) is 75.7 Å². The van der Waals surface area contributed by atoms with Gasteiger partial charge in [-0.1, -0.05) is 13.8 Å². The van der Waals surface area contributed by atoms with E-state index < -0.39 is 17.6 Å². The van der Waals surface area contributed by atoms with E-state index in [1.165, 1.54) is 18.9 Å². The Bertz CT molecular complexity index is 372. The summed E-state index contributed by atoms with van der Waals surface area (Å²) in [4.78, 5) is 36.2. The van der Waals surface area contributed by atoms with Crippen molar-refractivity contribution in [1.29, 1.82) is 0 Å². The lowest BCUT2D eigenvalue weighted by Gasteiger charge is -2.27. The summed E-state index contributed by atoms with van der Waals surface area (Å²) in [5.41, 5.74) is -0.606. The molecule has 0 aromatic carbocycles. The van der Waals surface area contributed by atoms with E-state index in [4.69, 9.17) is 4.74 Å². The minimum atomic E-state index is -0.720. The summed E-state index contributed by atoms with van der Waals surface area (Å²) < 4.78 is 5.28. The van der Waals surface area contributed by atoms with E-state index in [2.05, 4.69) is 5.32 Å². The normalized spacial score (nSPS) is 12.8. The van der Waals surface area contributed by atoms with Gasteiger partial charge in [0, 0.05) is 14.0 Å². The SMILES string of the molecule is CC(=O)N(C)CC(=O)N[C@@H](C(=O)OC(C)(C)C)C(C)C. The van der Waals surface area contributed by atoms with Crippen LogP contribution < -0.4 is 5.32 Å². The van der Waals surface area contributed by atoms with E-state index in [1.54, 1.807) is 20.8 Å². The molecule has 0 aliphatic heterocycles. The Morgan fingerprint density at radius 3 is 2.05 bits per heavy atom. The average molecular weight is 286 g/mol. The summed E-state index contributed by atoms with van der Waals surface area (Å²) in [6.45, 7) is 10.3. The van der Waals surface area contributed by atoms with Crippen molar-refractivity contribution >= 4 is 17.8 Å². The van der Waals surface area contributed by atoms with Crippen LogP contribution in [0.1, 0.15) is 41.5 Å². The van der Waals surface area contributed by atoms with Gasteiger partial charge in [-0.3, -0.25) is 9.59 Å². The number of hydrogen-bond acceptors (Lipinski definition) is 4. The van der Waals surface area contributed by atoms with Crippen molar-refractivity contribution in [3.05, 3.63) is 0 Å². The predicted molar refractivity (Wildman–Crippen MR) is 75.9 cm³/mol. The Kier molecular flexibility index (Phi) is 6.68. The van der Waals surface area contributed by atoms with Crippen LogP contribution in [0.5, 0.6) is 0 Å². The van der Waals surface area contributed by atoms with E-state index in [1.807, 2.05) is 13.8 Å². The van der Waals surface area contributed by atoms with Crippen molar-refractivity contribution in [1.82, 2.24) is 10.2 Å². The van der Waals surface area contributed by atoms with E-state index in [9.17, 15) is 14.4 Å². The molecule has 0 heterocycles. The number of amides is 2. The third kappa shape index (κ3) is 7.11. The second kappa shape index (κ2) is 7.26. The molecule has 6 heteroatoms. The molecular weight excluding hydrogens is 260 g/mol. The Hall–Kier alpha value is -1.59. The lowest BCUT2D eigenvalue weighted by atomic mass is 10.0. The zero-order valence-electron chi connectivity index (χ0n) is 13.4. The lowest BCUT2D eigenvalue weighted by Crippen LogP contribution is -2.50. The Morgan fingerprint density at radius 1 is 1.20 bits per heavy atom. The molecule has 0 aromatic heterocycles. The zero-order chi connectivity index (χ0) is 16.1. The average Bonchev–Trinajstić information content (AvgIpc) is 2.22. The third-order valence-corrected chi connectivity index (χ3v) is 2.56. The number of rotatable bonds is 5. The molecule has 0 aliphatic rings. The molecule has 0 fully saturated rings. The fourth-order valence-corrected chi connectivity index (χ4v) is 1.41. The van der Waals surface area contributed by atoms with Crippen molar-refractivity contribution in [3.63, 3.8) is 0 Å². The maximum atomic E-state index is 12.0. The summed E-state index contributed by atoms with van der Waals surface area (Å²) in [6.07, 6.45) is 0. The largest absolute Gasteiger partial charge is 0.458 e. The first-order valence-corrected chi connectivity index (χ1v) is 6.68. The summed E-state index contributed by atoms with van der Waals surface area (Å²) in [6, 6.07) is -0.720. The first-order chi connectivity index (χ1) is 8.94. The van der Waals surface area contributed by atoms with Crippen LogP contribution in [0.2, 0.25) is 0 Å². The standard InChI is InChI=1S/C14H26N2O4/c1-9(2)12(13(19)20-14(4,5)6)15-11(18)8-16(7)10(3)17/h9,12H,8H2,1-7H3,(H,15,18)/t12-/m1/s1. The Morgan fingerprint density at radius 2 is 1.70 bits per heavy atom. The molecule has 2 amide bonds. The van der Waals surface area contributed by atoms with E-state index in [0.29, 0.717) is 0 Å². The summed E-state index contributed by atoms with van der Waals surface area (Å²) in [5, 5.41) is 2.62. The number of ether oxygens (including phenoxy) is 1. The fourth-order valence-electron chi connectivity index (χ4n) is 1.41. The quantitative estimate of drug-likeness (QED) is 0.763. The summed E-state index contributed by atoms with van der Waals surface area (Å²) in [7, 11) is 1.53. The molecule has 0 bridgehead atoms. The van der Waals surface area contributed by atoms with Crippen LogP contribution in [0.25, 0.3) is 0 Å². The molecule has 20 heavy (non-hydrogen) atoms. The van der Waals surface area contributed by atoms with E-state index in [0.717, 1.165) is 0 Å². The van der Waals surface area contributed by atoms with Crippen molar-refractivity contribution in [2.75, 3.05) is 13.6 Å². The number of nitrogens with zero attached hydrogens (tertiary/aromatic N) is 1. The second-order valence-electron chi connectivity index (χ2n) is 6.20. The van der Waals surface area contributed by atoms with Crippen LogP contribution in [0.4, 0.5) is 0 Å². The van der Waals surface area contributed by atoms with Gasteiger partial charge >= 0.3 is 5.97 Å². The maximum absolute atomic E-state index is 12.0. The van der Waals surface area contributed by atoms with Crippen LogP contribution in [0.3, 0.4) is 0 Å². The molecule has 0 spiro atoms. The van der Waals surface area contributed by atoms with E-state index >= 15 is 0 Å². The number of carbonyl (C=O) groups excluding carboxylic acids is 3. The first kappa shape index (κ1) is 18.4. The smallest absolute Gasteiger partial charge is 0.329 e. The van der Waals surface area contributed by atoms with Crippen molar-refractivity contribution in [2.45, 2.75) is 53.2 Å². The predicted octanol–water partition coefficient (Wildman–Crippen LogP) is 0.947. The van der Waals surface area contributed by atoms with Crippen LogP contribution in [-0.2, 0) is 19.1 Å². The number of carbonyl (C=O) groups is 3. The van der Waals surface area contributed by atoms with Gasteiger partial charge < -0.3 is 15.0 Å². The summed E-state index contributed by atoms with van der Waals surface area (Å²) in [5.74, 6) is -1.16. The van der Waals surface area contributed by atoms with Crippen LogP contribution in [0.15, 0.2) is 0 Å². The van der Waals surface area contributed by atoms with Crippen molar-refractivity contribution in [2.24, 2.45) is 5.92 Å². The van der Waals surface area contributed by atoms with Gasteiger partial charge in [0.05, 0.1) is 6.54 Å². The van der Waals surface area contributed by atoms with Gasteiger partial charge in [-0.25, -0.2) is 4.79 Å². The van der Waals surface area contributed by atoms with Gasteiger partial charge in [0.1, 0.15) is 11.6 Å². The van der Waals surface area contributed by atoms with Crippen LogP contribution in [0, 0.1) is 5.92 Å². The van der Waals surface area contributed by atoms with Gasteiger partial charge in [0.25, 0.3) is 0 Å². The van der Waals surface area contributed by atoms with Gasteiger partial charge in [0.15, 0.2) is 0 Å². The molecule has 6 nitrogen and oxygen atoms in total. The minimum absolute atomic E-state index is 0.0820. The van der Waals surface area contributed by atoms with E-state index in [-0.39, 0.29) is 24.3 Å². The molecule has 1 N–H and O–H groups in total. The van der Waals surface area contributed by atoms with Crippen molar-refractivity contribution < 1.29 is 19.1 Å². The van der Waals surface area contributed by atoms with Crippen molar-refractivity contribution in [3.8, 4) is 0 Å². The molecule has 0 unspecified atom stereocenters. The molecule has 0 saturated carbocycles. The molecular formula is C14H26N2O4. The molecule has 116 valence electrons. The molecule has 0 aliphatic carbocycles. The molecule has 0 aromatic rings. The van der Waals surface area contributed by atoms with Crippen LogP contribution >= 0.6 is 0 Å². The van der Waals surface area contributed by atoms with Crippen LogP contribution in [-0.4, -0.2) is 47.9 Å². The highest BCUT2D eigenvalue weighted by molar-refractivity contribution is 5.88. The van der Waals surface area contributed by atoms with Gasteiger partial charge in [-0.2, -0.15) is 0 Å². The lowest BCUT2D eigenvalue weighted by molar-refractivity contribution is -0.160. The first-order valence-electron chi connectivity index (χ1n) is 6.68. The highest BCUT2D eigenvalue weighted by atomic mass is 16.6. The van der Waals surface area contributed by atoms with Gasteiger partial charge in [0.2, 0.25) is 11.8 Å². The number of likely N-dealkylation sites (N-methyl/N-ethyl adjacent to an activating group) is 1. The molecule has 0 radical (unpaired) electrons. The molecule has 0 saturated heterocycles. The van der Waals surface area contributed by atoms with Gasteiger partial charge in [-0.15, -0.1) is 0 Å². The Balaban J connectivity index is 4.67. The molecule has 1 atom stereocenters. The zero-order valence-corrected chi connectivity index (χ0v) is 13.4. The highest BCUT2D eigenvalue weighted by Crippen LogP contribution is 2.12. The maximum Gasteiger partial charge on any atom is 0.329 e. The summed E-state index contributed by atoms with van der Waals surface area (Å²) >= 11 is 0. The Labute approximate surface area is 120 Å². The third-order valence-electron chi connectivity index (χ3n) is 2.56. The second-order valence-corrected chi connectivity index (χ2v) is 6.20. The number of hydrogen-bond donors (Lipinski definition) is 1. The minimum Gasteiger partial charge on any atom is -0.458 e. The monoisotopic (exact) mass is 286 g/mol.